The van der Waals surface area contributed by atoms with Crippen LogP contribution in [0.25, 0.3) is 10.9 Å². The first kappa shape index (κ1) is 20.5. The molecule has 0 saturated heterocycles. The second-order valence-corrected chi connectivity index (χ2v) is 11.9. The number of fused-ring (bicyclic) bond motifs is 1. The van der Waals surface area contributed by atoms with Crippen molar-refractivity contribution >= 4 is 65.8 Å². The van der Waals surface area contributed by atoms with Gasteiger partial charge in [-0.25, -0.2) is 8.42 Å². The van der Waals surface area contributed by atoms with Crippen molar-refractivity contribution in [1.29, 1.82) is 0 Å². The topological polar surface area (TPSA) is 63.5 Å². The molecule has 0 radical (unpaired) electrons. The molecule has 0 bridgehead atoms. The molecule has 5 nitrogen and oxygen atoms in total. The van der Waals surface area contributed by atoms with E-state index in [9.17, 15) is 8.42 Å². The number of alkyl halides is 1. The zero-order valence-corrected chi connectivity index (χ0v) is 20.0. The van der Waals surface area contributed by atoms with Crippen LogP contribution in [0.3, 0.4) is 0 Å². The minimum atomic E-state index is -3.27. The van der Waals surface area contributed by atoms with E-state index >= 15 is 0 Å². The molecule has 1 aliphatic heterocycles. The molecule has 1 atom stereocenters. The monoisotopic (exact) mass is 531 g/mol. The van der Waals surface area contributed by atoms with Crippen molar-refractivity contribution in [2.75, 3.05) is 21.8 Å². The number of anilines is 1. The Bertz CT molecular complexity index is 1020. The Labute approximate surface area is 184 Å². The number of halogens is 1. The van der Waals surface area contributed by atoms with Gasteiger partial charge in [0.1, 0.15) is 5.04 Å². The number of hydrogen-bond acceptors (Lipinski definition) is 5. The summed E-state index contributed by atoms with van der Waals surface area (Å²) in [6, 6.07) is 6.51. The van der Waals surface area contributed by atoms with Crippen molar-refractivity contribution in [3.63, 3.8) is 0 Å². The smallest absolute Gasteiger partial charge is 0.175 e. The Balaban J connectivity index is 1.82. The van der Waals surface area contributed by atoms with Gasteiger partial charge in [-0.3, -0.25) is 4.99 Å². The van der Waals surface area contributed by atoms with E-state index in [4.69, 9.17) is 4.99 Å². The highest BCUT2D eigenvalue weighted by Crippen LogP contribution is 2.35. The zero-order chi connectivity index (χ0) is 19.9. The predicted molar refractivity (Wildman–Crippen MR) is 128 cm³/mol. The minimum Gasteiger partial charge on any atom is -0.381 e. The number of aromatic nitrogens is 1. The molecule has 0 amide bonds. The number of hydrogen-bond donors (Lipinski definition) is 1. The van der Waals surface area contributed by atoms with E-state index in [0.29, 0.717) is 17.0 Å². The predicted octanol–water partition coefficient (Wildman–Crippen LogP) is 4.62. The van der Waals surface area contributed by atoms with Crippen LogP contribution < -0.4 is 5.32 Å². The number of thioether (sulfide) groups is 1. The lowest BCUT2D eigenvalue weighted by Gasteiger charge is -2.17. The molecule has 0 unspecified atom stereocenters. The number of rotatable bonds is 6. The zero-order valence-electron chi connectivity index (χ0n) is 16.2. The average molecular weight is 531 g/mol. The van der Waals surface area contributed by atoms with Gasteiger partial charge in [0.05, 0.1) is 27.8 Å². The molecule has 2 aliphatic rings. The molecule has 152 valence electrons. The highest BCUT2D eigenvalue weighted by Gasteiger charge is 2.24. The van der Waals surface area contributed by atoms with Crippen LogP contribution in [-0.4, -0.2) is 46.5 Å². The quantitative estimate of drug-likeness (QED) is 0.437. The van der Waals surface area contributed by atoms with Crippen LogP contribution in [0.4, 0.5) is 5.69 Å². The van der Waals surface area contributed by atoms with Crippen LogP contribution in [0.5, 0.6) is 0 Å². The molecular weight excluding hydrogens is 505 g/mol. The number of benzene rings is 1. The number of aliphatic imine (C=N–C) groups is 1. The molecule has 28 heavy (non-hydrogen) atoms. The van der Waals surface area contributed by atoms with E-state index in [0.717, 1.165) is 56.8 Å². The van der Waals surface area contributed by atoms with Gasteiger partial charge in [-0.1, -0.05) is 35.4 Å². The summed E-state index contributed by atoms with van der Waals surface area (Å²) in [6.45, 7) is 0. The van der Waals surface area contributed by atoms with Crippen molar-refractivity contribution in [2.45, 2.75) is 49.1 Å². The average Bonchev–Trinajstić information content (AvgIpc) is 3.35. The summed E-state index contributed by atoms with van der Waals surface area (Å²) in [5.41, 5.74) is 3.07. The number of sulfone groups is 1. The van der Waals surface area contributed by atoms with Gasteiger partial charge in [-0.05, 0) is 37.5 Å². The van der Waals surface area contributed by atoms with E-state index in [1.807, 2.05) is 17.8 Å². The van der Waals surface area contributed by atoms with Crippen molar-refractivity contribution in [3.05, 3.63) is 23.9 Å². The lowest BCUT2D eigenvalue weighted by molar-refractivity contribution is 0.602. The highest BCUT2D eigenvalue weighted by atomic mass is 127. The maximum Gasteiger partial charge on any atom is 0.175 e. The molecule has 1 aromatic carbocycles. The molecule has 1 N–H and O–H groups in total. The Morgan fingerprint density at radius 1 is 1.29 bits per heavy atom. The van der Waals surface area contributed by atoms with Gasteiger partial charge in [-0.2, -0.15) is 0 Å². The fourth-order valence-electron chi connectivity index (χ4n) is 4.13. The standard InChI is InChI=1S/C20H26IN3O2S2/c1-24-18(20-23-15(7-8-21)12-27-20)10-13-9-16(28(2,25)26)11-17(19(13)24)22-14-5-3-4-6-14/h9-11,14-15,22H,3-8,12H2,1-2H3/t15-/m1/s1. The van der Waals surface area contributed by atoms with Crippen LogP contribution in [-0.2, 0) is 16.9 Å². The van der Waals surface area contributed by atoms with Crippen molar-refractivity contribution in [2.24, 2.45) is 12.0 Å². The fraction of sp³-hybridized carbons (Fsp3) is 0.550. The molecule has 4 rings (SSSR count). The highest BCUT2D eigenvalue weighted by molar-refractivity contribution is 14.1. The van der Waals surface area contributed by atoms with E-state index in [1.54, 1.807) is 6.07 Å². The second-order valence-electron chi connectivity index (χ2n) is 7.77. The maximum absolute atomic E-state index is 12.3. The first-order valence-corrected chi connectivity index (χ1v) is 14.1. The largest absolute Gasteiger partial charge is 0.381 e. The molecule has 2 aromatic rings. The summed E-state index contributed by atoms with van der Waals surface area (Å²) in [6.07, 6.45) is 7.13. The summed E-state index contributed by atoms with van der Waals surface area (Å²) >= 11 is 4.22. The van der Waals surface area contributed by atoms with Gasteiger partial charge in [0, 0.05) is 34.9 Å². The summed E-state index contributed by atoms with van der Waals surface area (Å²) in [4.78, 5) is 5.30. The minimum absolute atomic E-state index is 0.376. The third-order valence-electron chi connectivity index (χ3n) is 5.62. The van der Waals surface area contributed by atoms with Crippen molar-refractivity contribution in [3.8, 4) is 0 Å². The lowest BCUT2D eigenvalue weighted by atomic mass is 10.2. The third kappa shape index (κ3) is 4.09. The third-order valence-corrected chi connectivity index (χ3v) is 8.47. The van der Waals surface area contributed by atoms with Crippen molar-refractivity contribution in [1.82, 2.24) is 4.57 Å². The van der Waals surface area contributed by atoms with Gasteiger partial charge in [0.15, 0.2) is 9.84 Å². The number of aryl methyl sites for hydroxylation is 1. The first-order valence-electron chi connectivity index (χ1n) is 9.74. The van der Waals surface area contributed by atoms with Gasteiger partial charge in [0.2, 0.25) is 0 Å². The molecule has 1 fully saturated rings. The Kier molecular flexibility index (Phi) is 6.00. The second kappa shape index (κ2) is 8.18. The van der Waals surface area contributed by atoms with Gasteiger partial charge in [0.25, 0.3) is 0 Å². The van der Waals surface area contributed by atoms with Crippen LogP contribution in [0.1, 0.15) is 37.8 Å². The Morgan fingerprint density at radius 3 is 2.71 bits per heavy atom. The van der Waals surface area contributed by atoms with Crippen LogP contribution in [0, 0.1) is 0 Å². The fourth-order valence-corrected chi connectivity index (χ4v) is 6.68. The van der Waals surface area contributed by atoms with Crippen molar-refractivity contribution < 1.29 is 8.42 Å². The summed E-state index contributed by atoms with van der Waals surface area (Å²) in [7, 11) is -1.21. The lowest BCUT2D eigenvalue weighted by Crippen LogP contribution is -2.16. The molecule has 1 aliphatic carbocycles. The summed E-state index contributed by atoms with van der Waals surface area (Å²) in [5, 5.41) is 5.67. The van der Waals surface area contributed by atoms with Gasteiger partial charge in [-0.15, -0.1) is 11.8 Å². The van der Waals surface area contributed by atoms with Crippen LogP contribution in [0.2, 0.25) is 0 Å². The van der Waals surface area contributed by atoms with Crippen LogP contribution in [0.15, 0.2) is 28.1 Å². The normalized spacial score (nSPS) is 20.8. The summed E-state index contributed by atoms with van der Waals surface area (Å²) < 4.78 is 27.8. The first-order chi connectivity index (χ1) is 13.4. The molecule has 1 aromatic heterocycles. The molecule has 0 spiro atoms. The Hall–Kier alpha value is -0.740. The van der Waals surface area contributed by atoms with E-state index in [1.165, 1.54) is 19.1 Å². The van der Waals surface area contributed by atoms with Gasteiger partial charge >= 0.3 is 0 Å². The number of nitrogens with zero attached hydrogens (tertiary/aromatic N) is 2. The van der Waals surface area contributed by atoms with E-state index < -0.39 is 9.84 Å². The number of nitrogens with one attached hydrogen (secondary N) is 1. The van der Waals surface area contributed by atoms with E-state index in [-0.39, 0.29) is 0 Å². The molecule has 2 heterocycles. The molecule has 1 saturated carbocycles. The van der Waals surface area contributed by atoms with E-state index in [2.05, 4.69) is 45.6 Å². The molecular formula is C20H26IN3O2S2. The molecule has 8 heteroatoms. The SMILES string of the molecule is Cn1c(C2=N[C@H](CCI)CS2)cc2cc(S(C)(=O)=O)cc(NC3CCCC3)c21. The Morgan fingerprint density at radius 2 is 2.04 bits per heavy atom. The summed E-state index contributed by atoms with van der Waals surface area (Å²) in [5.74, 6) is 1.03. The van der Waals surface area contributed by atoms with Crippen LogP contribution >= 0.6 is 34.4 Å². The van der Waals surface area contributed by atoms with Gasteiger partial charge < -0.3 is 9.88 Å². The maximum atomic E-state index is 12.3.